The van der Waals surface area contributed by atoms with E-state index < -0.39 is 0 Å². The molecule has 0 aromatic carbocycles. The Kier molecular flexibility index (Phi) is 1.05. The van der Waals surface area contributed by atoms with Crippen molar-refractivity contribution in [3.8, 4) is 0 Å². The van der Waals surface area contributed by atoms with Crippen molar-refractivity contribution in [3.63, 3.8) is 0 Å². The first kappa shape index (κ1) is 6.59. The van der Waals surface area contributed by atoms with Crippen molar-refractivity contribution in [1.82, 2.24) is 19.7 Å². The highest BCUT2D eigenvalue weighted by Crippen LogP contribution is 2.00. The second-order valence-corrected chi connectivity index (χ2v) is 2.95. The van der Waals surface area contributed by atoms with Gasteiger partial charge in [-0.25, -0.2) is 4.98 Å². The van der Waals surface area contributed by atoms with Crippen molar-refractivity contribution in [1.29, 1.82) is 0 Å². The molecule has 0 radical (unpaired) electrons. The van der Waals surface area contributed by atoms with Gasteiger partial charge in [0.1, 0.15) is 6.20 Å². The highest BCUT2D eigenvalue weighted by Gasteiger charge is 2.13. The minimum atomic E-state index is 0.797. The summed E-state index contributed by atoms with van der Waals surface area (Å²) in [5, 5.41) is 3.13. The predicted molar refractivity (Wildman–Crippen MR) is 45.2 cm³/mol. The number of nitrogens with zero attached hydrogens (tertiary/aromatic N) is 4. The number of rotatable bonds is 0. The fraction of sp³-hybridized carbons (Fsp3) is 0.125. The quantitative estimate of drug-likeness (QED) is 0.491. The number of aryl methyl sites for hydroxylation is 1. The van der Waals surface area contributed by atoms with Gasteiger partial charge in [0.15, 0.2) is 0 Å². The molecule has 0 amide bonds. The molecule has 0 unspecified atom stereocenters. The van der Waals surface area contributed by atoms with Crippen molar-refractivity contribution < 1.29 is 4.52 Å². The van der Waals surface area contributed by atoms with Crippen LogP contribution in [0.5, 0.6) is 0 Å². The topological polar surface area (TPSA) is 50.1 Å². The molecule has 0 saturated heterocycles. The van der Waals surface area contributed by atoms with Crippen LogP contribution in [0.3, 0.4) is 0 Å². The van der Waals surface area contributed by atoms with E-state index in [1.165, 1.54) is 0 Å². The lowest BCUT2D eigenvalue weighted by Gasteiger charge is -1.80. The van der Waals surface area contributed by atoms with Crippen LogP contribution < -0.4 is 4.52 Å². The Hall–Kier alpha value is -1.91. The highest BCUT2D eigenvalue weighted by atomic mass is 15.5. The number of fused-ring (bicyclic) bond motifs is 3. The van der Waals surface area contributed by atoms with Crippen LogP contribution in [0.15, 0.2) is 24.7 Å². The zero-order valence-corrected chi connectivity index (χ0v) is 7.10. The van der Waals surface area contributed by atoms with Gasteiger partial charge >= 0.3 is 5.65 Å². The van der Waals surface area contributed by atoms with E-state index in [9.17, 15) is 0 Å². The van der Waals surface area contributed by atoms with E-state index in [0.29, 0.717) is 0 Å². The minimum Gasteiger partial charge on any atom is -0.214 e. The minimum absolute atomic E-state index is 0.797. The Morgan fingerprint density at radius 1 is 1.38 bits per heavy atom. The zero-order valence-electron chi connectivity index (χ0n) is 7.10. The van der Waals surface area contributed by atoms with Gasteiger partial charge in [-0.1, -0.05) is 4.63 Å². The number of hydrogen-bond donors (Lipinski definition) is 1. The van der Waals surface area contributed by atoms with Gasteiger partial charge in [0.25, 0.3) is 5.65 Å². The third kappa shape index (κ3) is 0.729. The fourth-order valence-electron chi connectivity index (χ4n) is 1.47. The molecule has 3 aromatic heterocycles. The maximum Gasteiger partial charge on any atom is 0.346 e. The standard InChI is InChI=1S/C8H8N5/c1-6-2-5-12-8-7(11-13(6)12)9-3-4-10-8/h2-5H,1H3,(H,9,11)/q+1. The van der Waals surface area contributed by atoms with Crippen molar-refractivity contribution in [3.05, 3.63) is 30.4 Å². The molecule has 0 bridgehead atoms. The van der Waals surface area contributed by atoms with E-state index in [1.54, 1.807) is 12.4 Å². The number of H-pyrrole nitrogens is 1. The maximum atomic E-state index is 4.23. The second kappa shape index (κ2) is 2.07. The maximum absolute atomic E-state index is 4.23. The Morgan fingerprint density at radius 3 is 3.15 bits per heavy atom. The monoisotopic (exact) mass is 174 g/mol. The lowest BCUT2D eigenvalue weighted by atomic mass is 10.5. The van der Waals surface area contributed by atoms with Gasteiger partial charge in [-0.2, -0.15) is 5.10 Å². The summed E-state index contributed by atoms with van der Waals surface area (Å²) in [6.45, 7) is 2.02. The van der Waals surface area contributed by atoms with Crippen molar-refractivity contribution in [2.75, 3.05) is 0 Å². The van der Waals surface area contributed by atoms with Gasteiger partial charge in [0.05, 0.1) is 18.1 Å². The predicted octanol–water partition coefficient (Wildman–Crippen LogP) is 0.105. The van der Waals surface area contributed by atoms with Crippen LogP contribution in [0.1, 0.15) is 5.69 Å². The molecule has 0 fully saturated rings. The van der Waals surface area contributed by atoms with E-state index >= 15 is 0 Å². The fourth-order valence-corrected chi connectivity index (χ4v) is 1.47. The van der Waals surface area contributed by atoms with Gasteiger partial charge in [-0.3, -0.25) is 0 Å². The summed E-state index contributed by atoms with van der Waals surface area (Å²) in [5.41, 5.74) is 2.77. The Labute approximate surface area is 73.6 Å². The SMILES string of the molecule is Cc1cc[n+]2c3nccnc3[nH]n12. The van der Waals surface area contributed by atoms with E-state index in [2.05, 4.69) is 15.1 Å². The summed E-state index contributed by atoms with van der Waals surface area (Å²) >= 11 is 0. The number of aromatic nitrogens is 5. The van der Waals surface area contributed by atoms with E-state index in [0.717, 1.165) is 17.0 Å². The van der Waals surface area contributed by atoms with Gasteiger partial charge in [-0.05, 0) is 13.0 Å². The Balaban J connectivity index is 2.64. The van der Waals surface area contributed by atoms with Crippen LogP contribution >= 0.6 is 0 Å². The molecule has 1 N–H and O–H groups in total. The summed E-state index contributed by atoms with van der Waals surface area (Å²) in [6.07, 6.45) is 5.32. The summed E-state index contributed by atoms with van der Waals surface area (Å²) < 4.78 is 3.84. The van der Waals surface area contributed by atoms with E-state index in [4.69, 9.17) is 0 Å². The lowest BCUT2D eigenvalue weighted by molar-refractivity contribution is -0.595. The first-order valence-corrected chi connectivity index (χ1v) is 4.05. The van der Waals surface area contributed by atoms with Gasteiger partial charge < -0.3 is 0 Å². The largest absolute Gasteiger partial charge is 0.346 e. The molecule has 3 aromatic rings. The summed E-state index contributed by atoms with van der Waals surface area (Å²) in [7, 11) is 0. The summed E-state index contributed by atoms with van der Waals surface area (Å²) in [6, 6.07) is 2.02. The number of nitrogens with one attached hydrogen (secondary N) is 1. The molecular formula is C8H8N5+. The van der Waals surface area contributed by atoms with Gasteiger partial charge in [0.2, 0.25) is 0 Å². The smallest absolute Gasteiger partial charge is 0.214 e. The average Bonchev–Trinajstić information content (AvgIpc) is 2.67. The molecule has 13 heavy (non-hydrogen) atoms. The Bertz CT molecular complexity index is 576. The molecule has 5 heteroatoms. The molecule has 3 heterocycles. The van der Waals surface area contributed by atoms with Gasteiger partial charge in [-0.15, -0.1) is 9.50 Å². The molecule has 0 atom stereocenters. The summed E-state index contributed by atoms with van der Waals surface area (Å²) in [4.78, 5) is 8.40. The van der Waals surface area contributed by atoms with Crippen LogP contribution in [0, 0.1) is 6.92 Å². The Morgan fingerprint density at radius 2 is 2.23 bits per heavy atom. The normalized spacial score (nSPS) is 11.5. The molecule has 64 valence electrons. The van der Waals surface area contributed by atoms with E-state index in [1.807, 2.05) is 28.3 Å². The molecule has 0 aliphatic heterocycles. The van der Waals surface area contributed by atoms with Crippen LogP contribution in [0.25, 0.3) is 11.3 Å². The van der Waals surface area contributed by atoms with Crippen LogP contribution in [0.4, 0.5) is 0 Å². The van der Waals surface area contributed by atoms with Crippen molar-refractivity contribution in [2.24, 2.45) is 0 Å². The molecule has 0 aliphatic carbocycles. The first-order chi connectivity index (χ1) is 6.36. The number of aromatic amines is 1. The molecular weight excluding hydrogens is 166 g/mol. The third-order valence-corrected chi connectivity index (χ3v) is 2.11. The van der Waals surface area contributed by atoms with Crippen LogP contribution in [-0.4, -0.2) is 19.7 Å². The first-order valence-electron chi connectivity index (χ1n) is 4.05. The third-order valence-electron chi connectivity index (χ3n) is 2.11. The van der Waals surface area contributed by atoms with Crippen LogP contribution in [-0.2, 0) is 0 Å². The van der Waals surface area contributed by atoms with E-state index in [-0.39, 0.29) is 0 Å². The number of hydrogen-bond acceptors (Lipinski definition) is 2. The molecule has 0 saturated carbocycles. The summed E-state index contributed by atoms with van der Waals surface area (Å²) in [5.74, 6) is 0. The van der Waals surface area contributed by atoms with Crippen LogP contribution in [0.2, 0.25) is 0 Å². The lowest BCUT2D eigenvalue weighted by Crippen LogP contribution is -2.25. The molecule has 0 aliphatic rings. The second-order valence-electron chi connectivity index (χ2n) is 2.95. The van der Waals surface area contributed by atoms with Gasteiger partial charge in [0, 0.05) is 0 Å². The van der Waals surface area contributed by atoms with Crippen molar-refractivity contribution >= 4 is 11.3 Å². The molecule has 0 spiro atoms. The highest BCUT2D eigenvalue weighted by molar-refractivity contribution is 5.58. The molecule has 3 rings (SSSR count). The zero-order chi connectivity index (χ0) is 8.84. The van der Waals surface area contributed by atoms with Crippen molar-refractivity contribution in [2.45, 2.75) is 6.92 Å². The average molecular weight is 174 g/mol. The molecule has 5 nitrogen and oxygen atoms in total.